The maximum atomic E-state index is 13.8. The van der Waals surface area contributed by atoms with Crippen molar-refractivity contribution in [3.8, 4) is 0 Å². The van der Waals surface area contributed by atoms with Crippen molar-refractivity contribution in [2.24, 2.45) is 39.8 Å². The smallest absolute Gasteiger partial charge is 0.326 e. The van der Waals surface area contributed by atoms with Gasteiger partial charge in [0, 0.05) is 19.5 Å². The quantitative estimate of drug-likeness (QED) is 0.0237. The molecule has 0 saturated carbocycles. The van der Waals surface area contributed by atoms with Crippen LogP contribution in [0.3, 0.4) is 0 Å². The van der Waals surface area contributed by atoms with Crippen LogP contribution in [0.15, 0.2) is 4.99 Å². The summed E-state index contributed by atoms with van der Waals surface area (Å²) in [5.41, 5.74) is 22.0. The summed E-state index contributed by atoms with van der Waals surface area (Å²) in [4.78, 5) is 109. The molecule has 330 valence electrons. The standard InChI is InChI=1S/C36H65N11O11/c1-7-18(4)26(38)34(56)47-15-9-11-24(47)31(53)46-28(20(6)49)33(55)44-23(16-17(2)3)30(52)42-21(12-13-25(37)50)29(51)45-27(19(5)48)32(54)43-22(35(57)58)10-8-14-41-36(39)40/h17-24,26-28,48-49H,7-16,38H2,1-6H3,(H2,37,50)(H,42,52)(H,43,54)(H,44,55)(H,45,51)(H,46,53)(H,57,58)(H4,39,40,41)/t18-,19+,20+,21-,22-,23-,24-,26-,27-,28-/m0/s1. The van der Waals surface area contributed by atoms with Gasteiger partial charge in [-0.15, -0.1) is 0 Å². The molecule has 1 aliphatic heterocycles. The first kappa shape index (κ1) is 50.9. The second-order valence-electron chi connectivity index (χ2n) is 15.2. The van der Waals surface area contributed by atoms with Crippen molar-refractivity contribution in [1.29, 1.82) is 0 Å². The van der Waals surface area contributed by atoms with Gasteiger partial charge in [0.15, 0.2) is 5.96 Å². The van der Waals surface area contributed by atoms with Crippen LogP contribution in [0, 0.1) is 11.8 Å². The molecule has 0 aliphatic carbocycles. The van der Waals surface area contributed by atoms with Gasteiger partial charge in [-0.1, -0.05) is 34.1 Å². The predicted octanol–water partition coefficient (Wildman–Crippen LogP) is -4.01. The molecule has 1 aliphatic rings. The van der Waals surface area contributed by atoms with Gasteiger partial charge >= 0.3 is 5.97 Å². The van der Waals surface area contributed by atoms with Crippen LogP contribution in [0.5, 0.6) is 0 Å². The first-order chi connectivity index (χ1) is 27.0. The number of aliphatic hydroxyl groups excluding tert-OH is 2. The molecule has 22 nitrogen and oxygen atoms in total. The molecule has 1 heterocycles. The third-order valence-electron chi connectivity index (χ3n) is 9.72. The number of hydrogen-bond acceptors (Lipinski definition) is 12. The summed E-state index contributed by atoms with van der Waals surface area (Å²) in [6.07, 6.45) is -2.33. The van der Waals surface area contributed by atoms with Gasteiger partial charge in [0.25, 0.3) is 0 Å². The highest BCUT2D eigenvalue weighted by Gasteiger charge is 2.40. The van der Waals surface area contributed by atoms with Gasteiger partial charge in [-0.3, -0.25) is 38.6 Å². The lowest BCUT2D eigenvalue weighted by molar-refractivity contribution is -0.143. The number of nitrogens with zero attached hydrogens (tertiary/aromatic N) is 2. The number of carboxylic acids is 1. The zero-order valence-corrected chi connectivity index (χ0v) is 34.2. The predicted molar refractivity (Wildman–Crippen MR) is 211 cm³/mol. The number of hydrogen-bond donors (Lipinski definition) is 12. The molecule has 16 N–H and O–H groups in total. The highest BCUT2D eigenvalue weighted by atomic mass is 16.4. The van der Waals surface area contributed by atoms with E-state index >= 15 is 0 Å². The van der Waals surface area contributed by atoms with Gasteiger partial charge < -0.3 is 69.7 Å². The van der Waals surface area contributed by atoms with E-state index in [4.69, 9.17) is 22.9 Å². The molecule has 22 heteroatoms. The summed E-state index contributed by atoms with van der Waals surface area (Å²) < 4.78 is 0. The van der Waals surface area contributed by atoms with E-state index in [1.165, 1.54) is 11.8 Å². The molecule has 0 unspecified atom stereocenters. The van der Waals surface area contributed by atoms with E-state index in [-0.39, 0.29) is 56.6 Å². The Labute approximate surface area is 338 Å². The second kappa shape index (κ2) is 24.6. The molecule has 0 radical (unpaired) electrons. The van der Waals surface area contributed by atoms with Crippen LogP contribution in [-0.2, 0) is 38.4 Å². The zero-order chi connectivity index (χ0) is 44.4. The van der Waals surface area contributed by atoms with Crippen molar-refractivity contribution < 1.29 is 53.7 Å². The number of nitrogens with two attached hydrogens (primary N) is 4. The van der Waals surface area contributed by atoms with E-state index in [1.54, 1.807) is 13.8 Å². The largest absolute Gasteiger partial charge is 0.480 e. The molecule has 0 aromatic carbocycles. The summed E-state index contributed by atoms with van der Waals surface area (Å²) in [7, 11) is 0. The van der Waals surface area contributed by atoms with E-state index in [9.17, 15) is 53.7 Å². The van der Waals surface area contributed by atoms with Crippen LogP contribution in [0.25, 0.3) is 0 Å². The maximum Gasteiger partial charge on any atom is 0.326 e. The lowest BCUT2D eigenvalue weighted by Crippen LogP contribution is -2.62. The minimum absolute atomic E-state index is 0.000913. The first-order valence-electron chi connectivity index (χ1n) is 19.5. The summed E-state index contributed by atoms with van der Waals surface area (Å²) >= 11 is 0. The lowest BCUT2D eigenvalue weighted by atomic mass is 9.98. The minimum Gasteiger partial charge on any atom is -0.480 e. The fraction of sp³-hybridized carbons (Fsp3) is 0.750. The van der Waals surface area contributed by atoms with Crippen LogP contribution in [0.2, 0.25) is 0 Å². The van der Waals surface area contributed by atoms with Crippen LogP contribution >= 0.6 is 0 Å². The van der Waals surface area contributed by atoms with Crippen molar-refractivity contribution in [2.75, 3.05) is 13.1 Å². The van der Waals surface area contributed by atoms with E-state index in [0.717, 1.165) is 6.92 Å². The monoisotopic (exact) mass is 827 g/mol. The maximum absolute atomic E-state index is 13.8. The topological polar surface area (TPSA) is 377 Å². The molecule has 7 amide bonds. The fourth-order valence-corrected chi connectivity index (χ4v) is 6.12. The summed E-state index contributed by atoms with van der Waals surface area (Å²) in [6, 6.07) is -9.46. The summed E-state index contributed by atoms with van der Waals surface area (Å²) in [5, 5.41) is 42.6. The number of amides is 7. The third-order valence-corrected chi connectivity index (χ3v) is 9.72. The van der Waals surface area contributed by atoms with Crippen LogP contribution in [0.1, 0.15) is 92.9 Å². The number of aliphatic carboxylic acids is 1. The molecule has 1 saturated heterocycles. The Bertz CT molecular complexity index is 1470. The van der Waals surface area contributed by atoms with Crippen molar-refractivity contribution >= 4 is 53.3 Å². The molecule has 10 atom stereocenters. The average Bonchev–Trinajstić information content (AvgIpc) is 3.63. The Morgan fingerprint density at radius 3 is 1.79 bits per heavy atom. The zero-order valence-electron chi connectivity index (χ0n) is 34.2. The van der Waals surface area contributed by atoms with E-state index in [0.29, 0.717) is 19.3 Å². The Balaban J connectivity index is 3.23. The second-order valence-corrected chi connectivity index (χ2v) is 15.2. The van der Waals surface area contributed by atoms with Crippen LogP contribution in [0.4, 0.5) is 0 Å². The Hall–Kier alpha value is -5.09. The number of carboxylic acid groups (broad SMARTS) is 1. The molecule has 1 fully saturated rings. The number of primary amides is 1. The molecular formula is C36H65N11O11. The van der Waals surface area contributed by atoms with Crippen LogP contribution in [-0.4, -0.2) is 141 Å². The minimum atomic E-state index is -1.72. The van der Waals surface area contributed by atoms with E-state index in [2.05, 4.69) is 31.6 Å². The van der Waals surface area contributed by atoms with Crippen molar-refractivity contribution in [3.05, 3.63) is 0 Å². The number of aliphatic hydroxyl groups is 2. The Morgan fingerprint density at radius 2 is 1.29 bits per heavy atom. The first-order valence-corrected chi connectivity index (χ1v) is 19.5. The highest BCUT2D eigenvalue weighted by Crippen LogP contribution is 2.21. The number of carbonyl (C=O) groups is 8. The number of carbonyl (C=O) groups excluding carboxylic acids is 7. The lowest BCUT2D eigenvalue weighted by Gasteiger charge is -2.31. The molecule has 58 heavy (non-hydrogen) atoms. The van der Waals surface area contributed by atoms with Gasteiger partial charge in [-0.25, -0.2) is 4.79 Å². The molecule has 0 bridgehead atoms. The normalized spacial score (nSPS) is 18.5. The summed E-state index contributed by atoms with van der Waals surface area (Å²) in [5.74, 6) is -7.93. The number of rotatable bonds is 25. The van der Waals surface area contributed by atoms with E-state index in [1.807, 2.05) is 13.8 Å². The fourth-order valence-electron chi connectivity index (χ4n) is 6.12. The Morgan fingerprint density at radius 1 is 0.759 bits per heavy atom. The summed E-state index contributed by atoms with van der Waals surface area (Å²) in [6.45, 7) is 9.95. The average molecular weight is 828 g/mol. The van der Waals surface area contributed by atoms with Crippen molar-refractivity contribution in [3.63, 3.8) is 0 Å². The third kappa shape index (κ3) is 16.8. The number of guanidine groups is 1. The molecular weight excluding hydrogens is 762 g/mol. The molecule has 0 aromatic heterocycles. The Kier molecular flexibility index (Phi) is 21.6. The van der Waals surface area contributed by atoms with Gasteiger partial charge in [0.2, 0.25) is 41.4 Å². The van der Waals surface area contributed by atoms with Crippen molar-refractivity contribution in [2.45, 2.75) is 147 Å². The highest BCUT2D eigenvalue weighted by molar-refractivity contribution is 5.97. The van der Waals surface area contributed by atoms with Crippen molar-refractivity contribution in [1.82, 2.24) is 31.5 Å². The molecule has 1 rings (SSSR count). The molecule has 0 spiro atoms. The van der Waals surface area contributed by atoms with Gasteiger partial charge in [0.05, 0.1) is 18.2 Å². The number of likely N-dealkylation sites (tertiary alicyclic amines) is 1. The van der Waals surface area contributed by atoms with Crippen LogP contribution < -0.4 is 49.5 Å². The SMILES string of the molecule is CC[C@H](C)[C@H](N)C(=O)N1CCC[C@H]1C(=O)N[C@H](C(=O)N[C@@H](CC(C)C)C(=O)N[C@@H](CCC(N)=O)C(=O)N[C@H](C(=O)N[C@@H](CCCN=C(N)N)C(=O)O)[C@@H](C)O)[C@@H](C)O. The van der Waals surface area contributed by atoms with Gasteiger partial charge in [-0.05, 0) is 64.2 Å². The molecule has 0 aromatic rings. The van der Waals surface area contributed by atoms with E-state index < -0.39 is 108 Å². The van der Waals surface area contributed by atoms with Gasteiger partial charge in [-0.2, -0.15) is 0 Å². The van der Waals surface area contributed by atoms with Gasteiger partial charge in [0.1, 0.15) is 36.3 Å². The number of nitrogens with one attached hydrogen (secondary N) is 5. The number of aliphatic imine (C=N–C) groups is 1.